The molecule has 3 N–H and O–H groups in total. The van der Waals surface area contributed by atoms with Crippen LogP contribution in [-0.2, 0) is 14.3 Å². The smallest absolute Gasteiger partial charge is 0.328 e. The molecule has 4 atom stereocenters. The van der Waals surface area contributed by atoms with E-state index in [2.05, 4.69) is 5.32 Å². The quantitative estimate of drug-likeness (QED) is 0.734. The van der Waals surface area contributed by atoms with Crippen molar-refractivity contribution >= 4 is 24.3 Å². The number of ether oxygens (including phenoxy) is 1. The molecule has 6 heteroatoms. The molecule has 1 aliphatic carbocycles. The molecule has 0 heterocycles. The molecule has 0 bridgehead atoms. The third kappa shape index (κ3) is 6.22. The Balaban J connectivity index is 0.00000400. The van der Waals surface area contributed by atoms with Crippen LogP contribution < -0.4 is 11.1 Å². The maximum atomic E-state index is 12.3. The van der Waals surface area contributed by atoms with Crippen molar-refractivity contribution in [2.45, 2.75) is 65.0 Å². The Morgan fingerprint density at radius 3 is 2.52 bits per heavy atom. The van der Waals surface area contributed by atoms with Gasteiger partial charge in [0.25, 0.3) is 0 Å². The summed E-state index contributed by atoms with van der Waals surface area (Å²) in [6.45, 7) is 6.05. The molecule has 0 aliphatic heterocycles. The van der Waals surface area contributed by atoms with E-state index in [4.69, 9.17) is 10.5 Å². The molecule has 124 valence electrons. The van der Waals surface area contributed by atoms with Gasteiger partial charge in [0.05, 0.1) is 6.61 Å². The van der Waals surface area contributed by atoms with Crippen molar-refractivity contribution in [2.75, 3.05) is 6.61 Å². The monoisotopic (exact) mass is 320 g/mol. The van der Waals surface area contributed by atoms with Crippen LogP contribution in [-0.4, -0.2) is 30.6 Å². The first-order chi connectivity index (χ1) is 9.49. The number of rotatable bonds is 6. The van der Waals surface area contributed by atoms with Crippen LogP contribution in [0.15, 0.2) is 0 Å². The Morgan fingerprint density at radius 2 is 2.00 bits per heavy atom. The molecule has 21 heavy (non-hydrogen) atoms. The summed E-state index contributed by atoms with van der Waals surface area (Å²) in [6.07, 6.45) is 4.34. The highest BCUT2D eigenvalue weighted by atomic mass is 35.5. The maximum absolute atomic E-state index is 12.3. The number of carbonyl (C=O) groups is 2. The van der Waals surface area contributed by atoms with E-state index in [1.54, 1.807) is 6.92 Å². The molecule has 1 aliphatic rings. The molecule has 0 radical (unpaired) electrons. The van der Waals surface area contributed by atoms with Crippen LogP contribution in [0.2, 0.25) is 0 Å². The van der Waals surface area contributed by atoms with Crippen molar-refractivity contribution in [2.24, 2.45) is 17.6 Å². The van der Waals surface area contributed by atoms with Gasteiger partial charge in [-0.15, -0.1) is 12.4 Å². The molecule has 5 nitrogen and oxygen atoms in total. The van der Waals surface area contributed by atoms with E-state index >= 15 is 0 Å². The minimum absolute atomic E-state index is 0. The molecule has 1 amide bonds. The van der Waals surface area contributed by atoms with Gasteiger partial charge in [-0.3, -0.25) is 4.79 Å². The Labute approximate surface area is 133 Å². The number of amides is 1. The summed E-state index contributed by atoms with van der Waals surface area (Å²) >= 11 is 0. The summed E-state index contributed by atoms with van der Waals surface area (Å²) in [6, 6.07) is -0.449. The topological polar surface area (TPSA) is 81.4 Å². The molecule has 0 aromatic carbocycles. The molecule has 0 saturated heterocycles. The van der Waals surface area contributed by atoms with Gasteiger partial charge in [-0.25, -0.2) is 4.79 Å². The van der Waals surface area contributed by atoms with Gasteiger partial charge in [-0.1, -0.05) is 26.7 Å². The lowest BCUT2D eigenvalue weighted by Gasteiger charge is -2.29. The lowest BCUT2D eigenvalue weighted by atomic mass is 9.85. The molecule has 0 spiro atoms. The molecule has 1 saturated carbocycles. The lowest BCUT2D eigenvalue weighted by Crippen LogP contribution is -2.49. The first-order valence-electron chi connectivity index (χ1n) is 7.72. The van der Waals surface area contributed by atoms with E-state index in [1.807, 2.05) is 13.8 Å². The summed E-state index contributed by atoms with van der Waals surface area (Å²) in [7, 11) is 0. The highest BCUT2D eigenvalue weighted by molar-refractivity contribution is 5.86. The number of carbonyl (C=O) groups excluding carboxylic acids is 2. The molecular formula is C15H29ClN2O3. The van der Waals surface area contributed by atoms with Crippen LogP contribution in [0.3, 0.4) is 0 Å². The van der Waals surface area contributed by atoms with Crippen molar-refractivity contribution < 1.29 is 14.3 Å². The average Bonchev–Trinajstić information content (AvgIpc) is 2.43. The molecule has 1 fully saturated rings. The van der Waals surface area contributed by atoms with Crippen LogP contribution in [0.4, 0.5) is 0 Å². The molecule has 0 aromatic rings. The van der Waals surface area contributed by atoms with Crippen LogP contribution in [0.25, 0.3) is 0 Å². The van der Waals surface area contributed by atoms with Gasteiger partial charge in [0.15, 0.2) is 0 Å². The zero-order valence-electron chi connectivity index (χ0n) is 13.3. The summed E-state index contributed by atoms with van der Waals surface area (Å²) in [5.74, 6) is -0.399. The first-order valence-corrected chi connectivity index (χ1v) is 7.72. The van der Waals surface area contributed by atoms with Gasteiger partial charge >= 0.3 is 5.97 Å². The van der Waals surface area contributed by atoms with Crippen LogP contribution in [0.1, 0.15) is 52.9 Å². The van der Waals surface area contributed by atoms with Gasteiger partial charge in [0, 0.05) is 12.0 Å². The van der Waals surface area contributed by atoms with Gasteiger partial charge < -0.3 is 15.8 Å². The number of nitrogens with one attached hydrogen (secondary N) is 1. The van der Waals surface area contributed by atoms with Gasteiger partial charge in [0.2, 0.25) is 5.91 Å². The fourth-order valence-corrected chi connectivity index (χ4v) is 2.64. The largest absolute Gasteiger partial charge is 0.464 e. The summed E-state index contributed by atoms with van der Waals surface area (Å²) < 4.78 is 5.06. The van der Waals surface area contributed by atoms with Gasteiger partial charge in [0.1, 0.15) is 6.04 Å². The van der Waals surface area contributed by atoms with Gasteiger partial charge in [-0.2, -0.15) is 0 Å². The number of hydrogen-bond acceptors (Lipinski definition) is 4. The summed E-state index contributed by atoms with van der Waals surface area (Å²) in [5.41, 5.74) is 5.92. The Hall–Kier alpha value is -0.810. The van der Waals surface area contributed by atoms with Crippen molar-refractivity contribution in [3.05, 3.63) is 0 Å². The Bertz CT molecular complexity index is 339. The fraction of sp³-hybridized carbons (Fsp3) is 0.867. The molecular weight excluding hydrogens is 292 g/mol. The molecule has 0 aromatic heterocycles. The second kappa shape index (κ2) is 10.0. The summed E-state index contributed by atoms with van der Waals surface area (Å²) in [4.78, 5) is 24.3. The van der Waals surface area contributed by atoms with Crippen molar-refractivity contribution in [3.8, 4) is 0 Å². The van der Waals surface area contributed by atoms with Crippen molar-refractivity contribution in [3.63, 3.8) is 0 Å². The highest BCUT2D eigenvalue weighted by Crippen LogP contribution is 2.23. The summed E-state index contributed by atoms with van der Waals surface area (Å²) in [5, 5.41) is 2.87. The molecule has 4 unspecified atom stereocenters. The number of halogens is 1. The number of esters is 1. The predicted molar refractivity (Wildman–Crippen MR) is 85.2 cm³/mol. The lowest BCUT2D eigenvalue weighted by molar-refractivity contribution is -0.149. The maximum Gasteiger partial charge on any atom is 0.328 e. The van der Waals surface area contributed by atoms with E-state index < -0.39 is 6.04 Å². The number of nitrogens with two attached hydrogens (primary N) is 1. The second-order valence-corrected chi connectivity index (χ2v) is 5.75. The Kier molecular flexibility index (Phi) is 9.62. The zero-order valence-corrected chi connectivity index (χ0v) is 14.1. The Morgan fingerprint density at radius 1 is 1.33 bits per heavy atom. The molecule has 1 rings (SSSR count). The first kappa shape index (κ1) is 20.2. The van der Waals surface area contributed by atoms with E-state index in [0.717, 1.165) is 25.7 Å². The van der Waals surface area contributed by atoms with Gasteiger partial charge in [-0.05, 0) is 32.1 Å². The van der Waals surface area contributed by atoms with Crippen LogP contribution in [0, 0.1) is 11.8 Å². The number of hydrogen-bond donors (Lipinski definition) is 2. The minimum Gasteiger partial charge on any atom is -0.464 e. The standard InChI is InChI=1S/C15H28N2O3.ClH/c1-4-10(3)13(15(19)20-5-2)17-14(18)11-7-6-8-12(16)9-11;/h10-13H,4-9,16H2,1-3H3,(H,17,18);1H. The second-order valence-electron chi connectivity index (χ2n) is 5.75. The van der Waals surface area contributed by atoms with Crippen LogP contribution in [0.5, 0.6) is 0 Å². The van der Waals surface area contributed by atoms with E-state index in [1.165, 1.54) is 0 Å². The minimum atomic E-state index is -0.550. The van der Waals surface area contributed by atoms with E-state index in [-0.39, 0.29) is 42.2 Å². The third-order valence-electron chi connectivity index (χ3n) is 4.14. The van der Waals surface area contributed by atoms with Crippen molar-refractivity contribution in [1.82, 2.24) is 5.32 Å². The van der Waals surface area contributed by atoms with E-state index in [0.29, 0.717) is 13.0 Å². The highest BCUT2D eigenvalue weighted by Gasteiger charge is 2.31. The third-order valence-corrected chi connectivity index (χ3v) is 4.14. The fourth-order valence-electron chi connectivity index (χ4n) is 2.64. The average molecular weight is 321 g/mol. The zero-order chi connectivity index (χ0) is 15.1. The normalized spacial score (nSPS) is 24.4. The van der Waals surface area contributed by atoms with Crippen molar-refractivity contribution in [1.29, 1.82) is 0 Å². The SMILES string of the molecule is CCOC(=O)C(NC(=O)C1CCCC(N)C1)C(C)CC.Cl. The van der Waals surface area contributed by atoms with E-state index in [9.17, 15) is 9.59 Å². The predicted octanol–water partition coefficient (Wildman–Crippen LogP) is 2.02. The van der Waals surface area contributed by atoms with Crippen LogP contribution >= 0.6 is 12.4 Å².